The van der Waals surface area contributed by atoms with Crippen molar-refractivity contribution in [3.05, 3.63) is 62.7 Å². The summed E-state index contributed by atoms with van der Waals surface area (Å²) in [6.07, 6.45) is 0. The molecule has 0 fully saturated rings. The summed E-state index contributed by atoms with van der Waals surface area (Å²) in [5.74, 6) is -0.173. The lowest BCUT2D eigenvalue weighted by molar-refractivity contribution is -0.119. The number of aryl methyl sites for hydroxylation is 2. The van der Waals surface area contributed by atoms with Gasteiger partial charge in [-0.05, 0) is 79.3 Å². The monoisotopic (exact) mass is 421 g/mol. The van der Waals surface area contributed by atoms with E-state index < -0.39 is 0 Å². The number of nitrogens with zero attached hydrogens (tertiary/aromatic N) is 1. The molecule has 23 heavy (non-hydrogen) atoms. The third-order valence-corrected chi connectivity index (χ3v) is 4.15. The van der Waals surface area contributed by atoms with Crippen LogP contribution in [0.2, 0.25) is 0 Å². The SMILES string of the molecule is C/C(=N\NC(=O)CNc1ccc(I)cc1)c1cc(C)ccc1C. The number of anilines is 1. The Morgan fingerprint density at radius 2 is 1.83 bits per heavy atom. The number of carbonyl (C=O) groups excluding carboxylic acids is 1. The zero-order chi connectivity index (χ0) is 16.8. The molecule has 0 heterocycles. The Labute approximate surface area is 150 Å². The second kappa shape index (κ2) is 8.10. The lowest BCUT2D eigenvalue weighted by atomic mass is 10.0. The van der Waals surface area contributed by atoms with Gasteiger partial charge in [0.25, 0.3) is 5.91 Å². The van der Waals surface area contributed by atoms with E-state index in [-0.39, 0.29) is 12.5 Å². The molecule has 1 amide bonds. The number of carbonyl (C=O) groups is 1. The highest BCUT2D eigenvalue weighted by atomic mass is 127. The largest absolute Gasteiger partial charge is 0.376 e. The summed E-state index contributed by atoms with van der Waals surface area (Å²) >= 11 is 2.24. The minimum atomic E-state index is -0.173. The molecule has 0 radical (unpaired) electrons. The average Bonchev–Trinajstić information content (AvgIpc) is 2.54. The van der Waals surface area contributed by atoms with Crippen molar-refractivity contribution in [1.82, 2.24) is 5.43 Å². The molecule has 0 aliphatic rings. The molecule has 0 aromatic heterocycles. The maximum Gasteiger partial charge on any atom is 0.259 e. The molecule has 0 unspecified atom stereocenters. The second-order valence-electron chi connectivity index (χ2n) is 5.41. The van der Waals surface area contributed by atoms with E-state index in [2.05, 4.69) is 56.6 Å². The number of nitrogens with one attached hydrogen (secondary N) is 2. The molecule has 0 aliphatic carbocycles. The number of halogens is 1. The first kappa shape index (κ1) is 17.5. The minimum absolute atomic E-state index is 0.173. The predicted molar refractivity (Wildman–Crippen MR) is 104 cm³/mol. The van der Waals surface area contributed by atoms with Crippen molar-refractivity contribution in [3.8, 4) is 0 Å². The number of hydrogen-bond donors (Lipinski definition) is 2. The Kier molecular flexibility index (Phi) is 6.15. The van der Waals surface area contributed by atoms with Crippen LogP contribution in [-0.4, -0.2) is 18.2 Å². The van der Waals surface area contributed by atoms with E-state index in [1.807, 2.05) is 45.0 Å². The van der Waals surface area contributed by atoms with Crippen molar-refractivity contribution in [2.75, 3.05) is 11.9 Å². The molecule has 0 bridgehead atoms. The highest BCUT2D eigenvalue weighted by molar-refractivity contribution is 14.1. The van der Waals surface area contributed by atoms with Gasteiger partial charge in [0.1, 0.15) is 0 Å². The number of benzene rings is 2. The zero-order valence-corrected chi connectivity index (χ0v) is 15.6. The van der Waals surface area contributed by atoms with E-state index >= 15 is 0 Å². The normalized spacial score (nSPS) is 11.2. The number of hydrazone groups is 1. The van der Waals surface area contributed by atoms with E-state index in [0.717, 1.165) is 26.1 Å². The maximum absolute atomic E-state index is 11.9. The Morgan fingerprint density at radius 1 is 1.13 bits per heavy atom. The van der Waals surface area contributed by atoms with Crippen molar-refractivity contribution in [2.45, 2.75) is 20.8 Å². The topological polar surface area (TPSA) is 53.5 Å². The molecule has 120 valence electrons. The molecule has 0 saturated heterocycles. The van der Waals surface area contributed by atoms with Crippen LogP contribution in [0, 0.1) is 17.4 Å². The Morgan fingerprint density at radius 3 is 2.52 bits per heavy atom. The summed E-state index contributed by atoms with van der Waals surface area (Å²) in [6.45, 7) is 6.16. The van der Waals surface area contributed by atoms with Gasteiger partial charge in [-0.15, -0.1) is 0 Å². The van der Waals surface area contributed by atoms with E-state index in [9.17, 15) is 4.79 Å². The first-order chi connectivity index (χ1) is 11.0. The molecular formula is C18H20IN3O. The highest BCUT2D eigenvalue weighted by Gasteiger charge is 2.04. The van der Waals surface area contributed by atoms with Crippen molar-refractivity contribution in [2.24, 2.45) is 5.10 Å². The van der Waals surface area contributed by atoms with E-state index in [4.69, 9.17) is 0 Å². The fourth-order valence-corrected chi connectivity index (χ4v) is 2.48. The molecule has 4 nitrogen and oxygen atoms in total. The molecule has 0 saturated carbocycles. The molecule has 0 atom stereocenters. The van der Waals surface area contributed by atoms with E-state index in [1.54, 1.807) is 0 Å². The number of hydrogen-bond acceptors (Lipinski definition) is 3. The fourth-order valence-electron chi connectivity index (χ4n) is 2.12. The second-order valence-corrected chi connectivity index (χ2v) is 6.66. The van der Waals surface area contributed by atoms with E-state index in [1.165, 1.54) is 5.56 Å². The lowest BCUT2D eigenvalue weighted by Gasteiger charge is -2.08. The first-order valence-electron chi connectivity index (χ1n) is 7.36. The van der Waals surface area contributed by atoms with Crippen LogP contribution in [0.1, 0.15) is 23.6 Å². The van der Waals surface area contributed by atoms with Crippen molar-refractivity contribution in [1.29, 1.82) is 0 Å². The Balaban J connectivity index is 1.92. The standard InChI is InChI=1S/C18H20IN3O/c1-12-4-5-13(2)17(10-12)14(3)21-22-18(23)11-20-16-8-6-15(19)7-9-16/h4-10,20H,11H2,1-3H3,(H,22,23)/b21-14+. The van der Waals surface area contributed by atoms with Crippen LogP contribution in [0.15, 0.2) is 47.6 Å². The molecular weight excluding hydrogens is 401 g/mol. The van der Waals surface area contributed by atoms with Gasteiger partial charge in [0.15, 0.2) is 0 Å². The molecule has 5 heteroatoms. The van der Waals surface area contributed by atoms with Gasteiger partial charge in [0.05, 0.1) is 12.3 Å². The third-order valence-electron chi connectivity index (χ3n) is 3.43. The quantitative estimate of drug-likeness (QED) is 0.438. The summed E-state index contributed by atoms with van der Waals surface area (Å²) in [7, 11) is 0. The summed E-state index contributed by atoms with van der Waals surface area (Å²) in [4.78, 5) is 11.9. The third kappa shape index (κ3) is 5.35. The van der Waals surface area contributed by atoms with Crippen LogP contribution in [0.5, 0.6) is 0 Å². The van der Waals surface area contributed by atoms with Gasteiger partial charge in [-0.2, -0.15) is 5.10 Å². The van der Waals surface area contributed by atoms with Crippen molar-refractivity contribution < 1.29 is 4.79 Å². The summed E-state index contributed by atoms with van der Waals surface area (Å²) in [5, 5.41) is 7.27. The molecule has 2 aromatic rings. The van der Waals surface area contributed by atoms with Gasteiger partial charge in [-0.1, -0.05) is 17.7 Å². The maximum atomic E-state index is 11.9. The molecule has 0 spiro atoms. The fraction of sp³-hybridized carbons (Fsp3) is 0.222. The van der Waals surface area contributed by atoms with Crippen LogP contribution >= 0.6 is 22.6 Å². The van der Waals surface area contributed by atoms with Gasteiger partial charge in [0.2, 0.25) is 0 Å². The molecule has 0 aliphatic heterocycles. The van der Waals surface area contributed by atoms with Gasteiger partial charge in [-0.25, -0.2) is 5.43 Å². The van der Waals surface area contributed by atoms with Crippen LogP contribution in [0.3, 0.4) is 0 Å². The number of amides is 1. The summed E-state index contributed by atoms with van der Waals surface area (Å²) in [5.41, 5.74) is 7.67. The van der Waals surface area contributed by atoms with Crippen molar-refractivity contribution in [3.63, 3.8) is 0 Å². The molecule has 2 rings (SSSR count). The van der Waals surface area contributed by atoms with Crippen LogP contribution in [0.4, 0.5) is 5.69 Å². The Bertz CT molecular complexity index is 724. The highest BCUT2D eigenvalue weighted by Crippen LogP contribution is 2.12. The van der Waals surface area contributed by atoms with E-state index in [0.29, 0.717) is 0 Å². The number of rotatable bonds is 5. The van der Waals surface area contributed by atoms with Crippen LogP contribution < -0.4 is 10.7 Å². The average molecular weight is 421 g/mol. The van der Waals surface area contributed by atoms with Gasteiger partial charge in [-0.3, -0.25) is 4.79 Å². The van der Waals surface area contributed by atoms with Gasteiger partial charge in [0, 0.05) is 14.8 Å². The van der Waals surface area contributed by atoms with Gasteiger partial charge >= 0.3 is 0 Å². The Hall–Kier alpha value is -1.89. The van der Waals surface area contributed by atoms with Crippen LogP contribution in [-0.2, 0) is 4.79 Å². The zero-order valence-electron chi connectivity index (χ0n) is 13.5. The van der Waals surface area contributed by atoms with Gasteiger partial charge < -0.3 is 5.32 Å². The summed E-state index contributed by atoms with van der Waals surface area (Å²) < 4.78 is 1.16. The minimum Gasteiger partial charge on any atom is -0.376 e. The smallest absolute Gasteiger partial charge is 0.259 e. The first-order valence-corrected chi connectivity index (χ1v) is 8.44. The lowest BCUT2D eigenvalue weighted by Crippen LogP contribution is -2.26. The molecule has 2 N–H and O–H groups in total. The predicted octanol–water partition coefficient (Wildman–Crippen LogP) is 3.86. The van der Waals surface area contributed by atoms with Crippen LogP contribution in [0.25, 0.3) is 0 Å². The molecule has 2 aromatic carbocycles. The van der Waals surface area contributed by atoms with Crippen molar-refractivity contribution >= 4 is 39.9 Å². The summed E-state index contributed by atoms with van der Waals surface area (Å²) in [6, 6.07) is 14.1.